The Balaban J connectivity index is 0.000000245. The van der Waals surface area contributed by atoms with E-state index in [0.717, 1.165) is 35.3 Å². The van der Waals surface area contributed by atoms with E-state index in [1.165, 1.54) is 29.8 Å². The van der Waals surface area contributed by atoms with E-state index < -0.39 is 0 Å². The summed E-state index contributed by atoms with van der Waals surface area (Å²) in [5, 5.41) is 14.0. The van der Waals surface area contributed by atoms with Crippen LogP contribution in [0.1, 0.15) is 12.8 Å². The van der Waals surface area contributed by atoms with Gasteiger partial charge in [0.25, 0.3) is 5.19 Å². The molecule has 2 N–H and O–H groups in total. The first-order chi connectivity index (χ1) is 21.4. The molecule has 0 atom stereocenters. The van der Waals surface area contributed by atoms with Gasteiger partial charge in [-0.1, -0.05) is 30.0 Å². The first kappa shape index (κ1) is 30.4. The maximum atomic E-state index is 14.1. The Morgan fingerprint density at radius 1 is 1.11 bits per heavy atom. The molecule has 0 spiro atoms. The van der Waals surface area contributed by atoms with Gasteiger partial charge >= 0.3 is 0 Å². The van der Waals surface area contributed by atoms with E-state index in [9.17, 15) is 9.18 Å². The molecule has 6 rings (SSSR count). The third kappa shape index (κ3) is 6.94. The highest BCUT2D eigenvalue weighted by molar-refractivity contribution is 7.11. The van der Waals surface area contributed by atoms with E-state index in [1.54, 1.807) is 48.2 Å². The lowest BCUT2D eigenvalue weighted by atomic mass is 10.0. The third-order valence-electron chi connectivity index (χ3n) is 7.17. The van der Waals surface area contributed by atoms with E-state index in [1.807, 2.05) is 30.6 Å². The number of benzene rings is 2. The summed E-state index contributed by atoms with van der Waals surface area (Å²) >= 11 is 1.48. The molecule has 1 aliphatic heterocycles. The molecule has 11 nitrogen and oxygen atoms in total. The number of para-hydroxylation sites is 1. The third-order valence-corrected chi connectivity index (χ3v) is 7.97. The van der Waals surface area contributed by atoms with Crippen LogP contribution in [0, 0.1) is 5.82 Å². The largest absolute Gasteiger partial charge is 0.495 e. The average Bonchev–Trinajstić information content (AvgIpc) is 3.71. The number of likely N-dealkylation sites (tertiary alicyclic amines) is 1. The number of hydrogen-bond acceptors (Lipinski definition) is 10. The first-order valence-electron chi connectivity index (χ1n) is 13.9. The second-order valence-electron chi connectivity index (χ2n) is 9.89. The molecule has 0 saturated carbocycles. The van der Waals surface area contributed by atoms with E-state index in [-0.39, 0.29) is 17.8 Å². The van der Waals surface area contributed by atoms with Crippen LogP contribution in [0.4, 0.5) is 21.6 Å². The van der Waals surface area contributed by atoms with Crippen molar-refractivity contribution in [3.05, 3.63) is 78.8 Å². The predicted molar refractivity (Wildman–Crippen MR) is 170 cm³/mol. The zero-order chi connectivity index (χ0) is 31.1. The van der Waals surface area contributed by atoms with Gasteiger partial charge in [-0.3, -0.25) is 9.48 Å². The lowest BCUT2D eigenvalue weighted by molar-refractivity contribution is -0.126. The minimum atomic E-state index is -0.359. The minimum absolute atomic E-state index is 0.0391. The molecule has 2 aromatic carbocycles. The van der Waals surface area contributed by atoms with Gasteiger partial charge in [0, 0.05) is 49.2 Å². The van der Waals surface area contributed by atoms with Crippen LogP contribution < -0.4 is 20.1 Å². The number of carbonyl (C=O) groups is 1. The summed E-state index contributed by atoms with van der Waals surface area (Å²) in [6.45, 7) is 4.89. The van der Waals surface area contributed by atoms with Crippen molar-refractivity contribution < 1.29 is 18.7 Å². The van der Waals surface area contributed by atoms with Gasteiger partial charge < -0.3 is 25.0 Å². The summed E-state index contributed by atoms with van der Waals surface area (Å²) < 4.78 is 26.5. The minimum Gasteiger partial charge on any atom is -0.495 e. The number of thiazole rings is 1. The smallest absolute Gasteiger partial charge is 0.273 e. The van der Waals surface area contributed by atoms with Gasteiger partial charge in [0.2, 0.25) is 5.91 Å². The van der Waals surface area contributed by atoms with Gasteiger partial charge in [0.15, 0.2) is 0 Å². The lowest BCUT2D eigenvalue weighted by Crippen LogP contribution is -2.41. The number of rotatable bonds is 8. The summed E-state index contributed by atoms with van der Waals surface area (Å²) in [6, 6.07) is 12.3. The van der Waals surface area contributed by atoms with Crippen LogP contribution in [0.25, 0.3) is 22.3 Å². The fourth-order valence-electron chi connectivity index (χ4n) is 4.84. The molecule has 1 amide bonds. The zero-order valence-electron chi connectivity index (χ0n) is 24.7. The number of aryl methyl sites for hydroxylation is 1. The van der Waals surface area contributed by atoms with Crippen LogP contribution in [0.2, 0.25) is 0 Å². The van der Waals surface area contributed by atoms with Crippen LogP contribution in [0.3, 0.4) is 0 Å². The van der Waals surface area contributed by atoms with Crippen LogP contribution in [-0.4, -0.2) is 68.9 Å². The number of amides is 1. The Bertz CT molecular complexity index is 1750. The second-order valence-corrected chi connectivity index (χ2v) is 10.7. The maximum Gasteiger partial charge on any atom is 0.273 e. The normalized spacial score (nSPS) is 13.1. The number of anilines is 3. The number of halogens is 1. The van der Waals surface area contributed by atoms with Gasteiger partial charge in [-0.15, -0.1) is 0 Å². The van der Waals surface area contributed by atoms with Crippen LogP contribution in [-0.2, 0) is 11.8 Å². The topological polar surface area (TPSA) is 119 Å². The molecule has 228 valence electrons. The van der Waals surface area contributed by atoms with E-state index in [4.69, 9.17) is 9.47 Å². The number of piperidine rings is 1. The van der Waals surface area contributed by atoms with Gasteiger partial charge in [0.05, 0.1) is 36.8 Å². The van der Waals surface area contributed by atoms with Gasteiger partial charge in [-0.25, -0.2) is 19.3 Å². The first-order valence-corrected chi connectivity index (χ1v) is 14.8. The number of aromatic nitrogens is 5. The Morgan fingerprint density at radius 2 is 1.91 bits per heavy atom. The molecule has 0 bridgehead atoms. The SMILES string of the molecule is C=CC(=O)N1CCC(Nc2cc3c(Nc4ccccc4F)ncnc3cc2OC)CC1.COc1nc(-c2ccnn2C)cs1. The summed E-state index contributed by atoms with van der Waals surface area (Å²) in [5.74, 6) is 0.768. The Labute approximate surface area is 258 Å². The Hall–Kier alpha value is -5.04. The highest BCUT2D eigenvalue weighted by Gasteiger charge is 2.22. The van der Waals surface area contributed by atoms with Crippen molar-refractivity contribution in [3.8, 4) is 22.3 Å². The Morgan fingerprint density at radius 3 is 2.57 bits per heavy atom. The molecule has 0 unspecified atom stereocenters. The molecule has 4 heterocycles. The summed E-state index contributed by atoms with van der Waals surface area (Å²) in [6.07, 6.45) is 6.16. The molecular weight excluding hydrogens is 583 g/mol. The molecule has 5 aromatic rings. The van der Waals surface area contributed by atoms with Crippen molar-refractivity contribution in [3.63, 3.8) is 0 Å². The molecule has 1 fully saturated rings. The molecule has 1 saturated heterocycles. The van der Waals surface area contributed by atoms with E-state index >= 15 is 0 Å². The number of fused-ring (bicyclic) bond motifs is 1. The predicted octanol–water partition coefficient (Wildman–Crippen LogP) is 5.66. The molecule has 1 aliphatic rings. The van der Waals surface area contributed by atoms with Crippen molar-refractivity contribution >= 4 is 45.3 Å². The average molecular weight is 617 g/mol. The summed E-state index contributed by atoms with van der Waals surface area (Å²) in [4.78, 5) is 26.5. The molecule has 44 heavy (non-hydrogen) atoms. The van der Waals surface area contributed by atoms with Crippen molar-refractivity contribution in [2.45, 2.75) is 18.9 Å². The standard InChI is InChI=1S/C23H24FN5O2.C8H9N3OS/c1-3-22(30)29-10-8-15(9-11-29)27-20-12-16-19(13-21(20)31-2)25-14-26-23(16)28-18-7-5-4-6-17(18)24;1-11-7(3-4-9-11)6-5-13-8(10-6)12-2/h3-7,12-15,27H,1,8-11H2,2H3,(H,25,26,28);3-5H,1-2H3. The van der Waals surface area contributed by atoms with Crippen molar-refractivity contribution in [1.82, 2.24) is 29.6 Å². The van der Waals surface area contributed by atoms with Crippen LogP contribution in [0.15, 0.2) is 73.0 Å². The highest BCUT2D eigenvalue weighted by Crippen LogP contribution is 2.34. The molecular formula is C31H33FN8O3S. The number of methoxy groups -OCH3 is 2. The monoisotopic (exact) mass is 616 g/mol. The van der Waals surface area contributed by atoms with Gasteiger partial charge in [0.1, 0.15) is 29.4 Å². The summed E-state index contributed by atoms with van der Waals surface area (Å²) in [5.41, 5.74) is 3.73. The zero-order valence-corrected chi connectivity index (χ0v) is 25.5. The van der Waals surface area contributed by atoms with Gasteiger partial charge in [-0.05, 0) is 43.2 Å². The fraction of sp³-hybridized carbons (Fsp3) is 0.258. The quantitative estimate of drug-likeness (QED) is 0.213. The number of nitrogens with zero attached hydrogens (tertiary/aromatic N) is 6. The number of nitrogens with one attached hydrogen (secondary N) is 2. The molecule has 3 aromatic heterocycles. The second kappa shape index (κ2) is 14.0. The molecule has 0 aliphatic carbocycles. The Kier molecular flexibility index (Phi) is 9.65. The van der Waals surface area contributed by atoms with Crippen LogP contribution in [0.5, 0.6) is 10.9 Å². The van der Waals surface area contributed by atoms with Crippen molar-refractivity contribution in [2.75, 3.05) is 37.9 Å². The number of hydrogen-bond donors (Lipinski definition) is 2. The lowest BCUT2D eigenvalue weighted by Gasteiger charge is -2.32. The number of carbonyl (C=O) groups excluding carboxylic acids is 1. The molecule has 13 heteroatoms. The number of ether oxygens (including phenoxy) is 2. The van der Waals surface area contributed by atoms with Crippen molar-refractivity contribution in [2.24, 2.45) is 7.05 Å². The highest BCUT2D eigenvalue weighted by atomic mass is 32.1. The van der Waals surface area contributed by atoms with Crippen molar-refractivity contribution in [1.29, 1.82) is 0 Å². The van der Waals surface area contributed by atoms with E-state index in [0.29, 0.717) is 41.1 Å². The molecule has 0 radical (unpaired) electrons. The van der Waals surface area contributed by atoms with Gasteiger partial charge in [-0.2, -0.15) is 5.10 Å². The maximum absolute atomic E-state index is 14.1. The fourth-order valence-corrected chi connectivity index (χ4v) is 5.48. The van der Waals surface area contributed by atoms with Crippen LogP contribution >= 0.6 is 11.3 Å². The van der Waals surface area contributed by atoms with E-state index in [2.05, 4.69) is 37.3 Å². The summed E-state index contributed by atoms with van der Waals surface area (Å²) in [7, 11) is 5.12.